The molecule has 0 radical (unpaired) electrons. The molecule has 5 heteroatoms. The molecule has 0 aliphatic carbocycles. The zero-order valence-electron chi connectivity index (χ0n) is 11.0. The van der Waals surface area contributed by atoms with E-state index in [4.69, 9.17) is 9.47 Å². The van der Waals surface area contributed by atoms with Crippen LogP contribution < -0.4 is 14.8 Å². The molecule has 2 rings (SSSR count). The predicted molar refractivity (Wildman–Crippen MR) is 88.8 cm³/mol. The normalized spacial score (nSPS) is 10.2. The summed E-state index contributed by atoms with van der Waals surface area (Å²) in [5.74, 6) is 1.66. The van der Waals surface area contributed by atoms with Crippen LogP contribution in [0, 0.1) is 0 Å². The number of benzene rings is 2. The van der Waals surface area contributed by atoms with Gasteiger partial charge in [-0.05, 0) is 36.4 Å². The molecule has 0 fully saturated rings. The maximum Gasteiger partial charge on any atom is 0.142 e. The van der Waals surface area contributed by atoms with Crippen molar-refractivity contribution in [2.45, 2.75) is 0 Å². The topological polar surface area (TPSA) is 30.5 Å². The molecular weight excluding hydrogens is 386 g/mol. The minimum atomic E-state index is 0.576. The first-order valence-electron chi connectivity index (χ1n) is 6.15. The molecular formula is C15H15Br2NO2. The second-order valence-electron chi connectivity index (χ2n) is 4.08. The van der Waals surface area contributed by atoms with Gasteiger partial charge in [0.2, 0.25) is 0 Å². The van der Waals surface area contributed by atoms with Crippen LogP contribution in [-0.4, -0.2) is 20.3 Å². The van der Waals surface area contributed by atoms with Crippen molar-refractivity contribution in [1.29, 1.82) is 0 Å². The first kappa shape index (κ1) is 15.2. The molecule has 0 unspecified atom stereocenters. The number of hydrogen-bond acceptors (Lipinski definition) is 3. The third kappa shape index (κ3) is 4.42. The molecule has 0 amide bonds. The third-order valence-corrected chi connectivity index (χ3v) is 3.63. The van der Waals surface area contributed by atoms with Crippen molar-refractivity contribution < 1.29 is 9.47 Å². The van der Waals surface area contributed by atoms with E-state index in [1.54, 1.807) is 7.11 Å². The number of rotatable bonds is 6. The van der Waals surface area contributed by atoms with Gasteiger partial charge in [0.05, 0.1) is 12.8 Å². The van der Waals surface area contributed by atoms with Gasteiger partial charge in [0.15, 0.2) is 0 Å². The van der Waals surface area contributed by atoms with E-state index in [-0.39, 0.29) is 0 Å². The van der Waals surface area contributed by atoms with Gasteiger partial charge >= 0.3 is 0 Å². The molecule has 0 aliphatic heterocycles. The number of ether oxygens (including phenoxy) is 2. The molecule has 20 heavy (non-hydrogen) atoms. The van der Waals surface area contributed by atoms with E-state index in [2.05, 4.69) is 37.2 Å². The maximum absolute atomic E-state index is 5.67. The van der Waals surface area contributed by atoms with Gasteiger partial charge in [-0.2, -0.15) is 0 Å². The second-order valence-corrected chi connectivity index (χ2v) is 5.91. The van der Waals surface area contributed by atoms with Gasteiger partial charge in [0, 0.05) is 15.5 Å². The van der Waals surface area contributed by atoms with Crippen LogP contribution in [0.15, 0.2) is 51.4 Å². The lowest BCUT2D eigenvalue weighted by Gasteiger charge is -2.12. The van der Waals surface area contributed by atoms with Crippen molar-refractivity contribution in [3.63, 3.8) is 0 Å². The van der Waals surface area contributed by atoms with E-state index >= 15 is 0 Å². The molecule has 0 saturated carbocycles. The maximum atomic E-state index is 5.67. The predicted octanol–water partition coefficient (Wildman–Crippen LogP) is 4.71. The van der Waals surface area contributed by atoms with Gasteiger partial charge in [0.25, 0.3) is 0 Å². The molecule has 0 bridgehead atoms. The molecule has 2 aromatic carbocycles. The molecule has 0 aliphatic rings. The molecule has 1 N–H and O–H groups in total. The molecule has 106 valence electrons. The van der Waals surface area contributed by atoms with Crippen LogP contribution in [0.3, 0.4) is 0 Å². The van der Waals surface area contributed by atoms with Crippen LogP contribution in [0.5, 0.6) is 11.5 Å². The Labute approximate surface area is 135 Å². The zero-order valence-corrected chi connectivity index (χ0v) is 14.2. The smallest absolute Gasteiger partial charge is 0.142 e. The highest BCUT2D eigenvalue weighted by Gasteiger charge is 2.03. The van der Waals surface area contributed by atoms with E-state index < -0.39 is 0 Å². The monoisotopic (exact) mass is 399 g/mol. The van der Waals surface area contributed by atoms with E-state index in [0.29, 0.717) is 13.2 Å². The zero-order chi connectivity index (χ0) is 14.4. The molecule has 0 aromatic heterocycles. The van der Waals surface area contributed by atoms with Crippen molar-refractivity contribution in [2.24, 2.45) is 0 Å². The van der Waals surface area contributed by atoms with Crippen molar-refractivity contribution >= 4 is 37.5 Å². The largest absolute Gasteiger partial charge is 0.495 e. The fraction of sp³-hybridized carbons (Fsp3) is 0.200. The first-order chi connectivity index (χ1) is 9.69. The highest BCUT2D eigenvalue weighted by molar-refractivity contribution is 9.10. The minimum absolute atomic E-state index is 0.576. The third-order valence-electron chi connectivity index (χ3n) is 2.64. The summed E-state index contributed by atoms with van der Waals surface area (Å²) in [4.78, 5) is 0. The van der Waals surface area contributed by atoms with Crippen LogP contribution in [0.4, 0.5) is 5.69 Å². The summed E-state index contributed by atoms with van der Waals surface area (Å²) in [5.41, 5.74) is 0.944. The van der Waals surface area contributed by atoms with Crippen LogP contribution in [-0.2, 0) is 0 Å². The summed E-state index contributed by atoms with van der Waals surface area (Å²) in [7, 11) is 1.66. The fourth-order valence-corrected chi connectivity index (χ4v) is 2.47. The van der Waals surface area contributed by atoms with Gasteiger partial charge in [-0.15, -0.1) is 0 Å². The van der Waals surface area contributed by atoms with Crippen molar-refractivity contribution in [1.82, 2.24) is 0 Å². The molecule has 0 saturated heterocycles. The highest BCUT2D eigenvalue weighted by atomic mass is 79.9. The first-order valence-corrected chi connectivity index (χ1v) is 7.73. The summed E-state index contributed by atoms with van der Waals surface area (Å²) >= 11 is 6.86. The van der Waals surface area contributed by atoms with Gasteiger partial charge in [0.1, 0.15) is 18.1 Å². The molecule has 3 nitrogen and oxygen atoms in total. The van der Waals surface area contributed by atoms with Gasteiger partial charge in [-0.1, -0.05) is 37.9 Å². The Morgan fingerprint density at radius 1 is 1.05 bits per heavy atom. The van der Waals surface area contributed by atoms with Crippen molar-refractivity contribution in [3.05, 3.63) is 51.4 Å². The van der Waals surface area contributed by atoms with E-state index in [1.165, 1.54) is 0 Å². The summed E-state index contributed by atoms with van der Waals surface area (Å²) in [6.45, 7) is 1.27. The fourth-order valence-electron chi connectivity index (χ4n) is 1.73. The average Bonchev–Trinajstić information content (AvgIpc) is 2.44. The van der Waals surface area contributed by atoms with E-state index in [0.717, 1.165) is 26.1 Å². The standard InChI is InChI=1S/C15H15Br2NO2/c1-19-15-6-5-12(17)10-14(15)18-7-8-20-13-4-2-3-11(16)9-13/h2-6,9-10,18H,7-8H2,1H3. The van der Waals surface area contributed by atoms with E-state index in [9.17, 15) is 0 Å². The number of anilines is 1. The summed E-state index contributed by atoms with van der Waals surface area (Å²) in [5, 5.41) is 3.30. The van der Waals surface area contributed by atoms with Crippen LogP contribution in [0.1, 0.15) is 0 Å². The quantitative estimate of drug-likeness (QED) is 0.712. The van der Waals surface area contributed by atoms with E-state index in [1.807, 2.05) is 42.5 Å². The lowest BCUT2D eigenvalue weighted by Crippen LogP contribution is -2.12. The van der Waals surface area contributed by atoms with Gasteiger partial charge < -0.3 is 14.8 Å². The summed E-state index contributed by atoms with van der Waals surface area (Å²) in [6, 6.07) is 13.6. The molecule has 0 heterocycles. The van der Waals surface area contributed by atoms with Crippen molar-refractivity contribution in [2.75, 3.05) is 25.6 Å². The highest BCUT2D eigenvalue weighted by Crippen LogP contribution is 2.27. The molecule has 0 atom stereocenters. The Balaban J connectivity index is 1.85. The summed E-state index contributed by atoms with van der Waals surface area (Å²) < 4.78 is 13.0. The lowest BCUT2D eigenvalue weighted by molar-refractivity contribution is 0.332. The number of hydrogen-bond donors (Lipinski definition) is 1. The molecule has 0 spiro atoms. The summed E-state index contributed by atoms with van der Waals surface area (Å²) in [6.07, 6.45) is 0. The Kier molecular flexibility index (Phi) is 5.73. The Hall–Kier alpha value is -1.20. The number of nitrogens with one attached hydrogen (secondary N) is 1. The van der Waals surface area contributed by atoms with Crippen molar-refractivity contribution in [3.8, 4) is 11.5 Å². The van der Waals surface area contributed by atoms with Crippen LogP contribution in [0.25, 0.3) is 0 Å². The van der Waals surface area contributed by atoms with Gasteiger partial charge in [-0.25, -0.2) is 0 Å². The average molecular weight is 401 g/mol. The minimum Gasteiger partial charge on any atom is -0.495 e. The van der Waals surface area contributed by atoms with Crippen LogP contribution in [0.2, 0.25) is 0 Å². The van der Waals surface area contributed by atoms with Gasteiger partial charge in [-0.3, -0.25) is 0 Å². The molecule has 2 aromatic rings. The number of halogens is 2. The Morgan fingerprint density at radius 2 is 1.85 bits per heavy atom. The second kappa shape index (κ2) is 7.55. The number of methoxy groups -OCH3 is 1. The Bertz CT molecular complexity index is 576. The SMILES string of the molecule is COc1ccc(Br)cc1NCCOc1cccc(Br)c1. The Morgan fingerprint density at radius 3 is 2.60 bits per heavy atom. The van der Waals surface area contributed by atoms with Crippen LogP contribution >= 0.6 is 31.9 Å². The lowest BCUT2D eigenvalue weighted by atomic mass is 10.3.